The van der Waals surface area contributed by atoms with Crippen LogP contribution >= 0.6 is 27.3 Å². The number of fused-ring (bicyclic) bond motifs is 1. The third-order valence-corrected chi connectivity index (χ3v) is 12.7. The third-order valence-electron chi connectivity index (χ3n) is 7.17. The Kier molecular flexibility index (Phi) is 11.5. The number of ether oxygens (including phenoxy) is 4. The molecule has 4 nitrogen and oxygen atoms in total. The number of benzene rings is 5. The number of hydrogen-bond acceptors (Lipinski definition) is 4. The summed E-state index contributed by atoms with van der Waals surface area (Å²) in [5, 5.41) is 4.19. The van der Waals surface area contributed by atoms with Crippen molar-refractivity contribution >= 4 is 52.9 Å². The van der Waals surface area contributed by atoms with Gasteiger partial charge in [-0.3, -0.25) is 0 Å². The van der Waals surface area contributed by atoms with Gasteiger partial charge in [0.2, 0.25) is 0 Å². The van der Waals surface area contributed by atoms with Gasteiger partial charge in [-0.2, -0.15) is 0 Å². The van der Waals surface area contributed by atoms with Crippen molar-refractivity contribution in [2.75, 3.05) is 28.4 Å². The number of allylic oxidation sites excluding steroid dienone is 1. The van der Waals surface area contributed by atoms with Gasteiger partial charge >= 0.3 is 166 Å². The number of rotatable bonds is 8. The van der Waals surface area contributed by atoms with Gasteiger partial charge < -0.3 is 0 Å². The summed E-state index contributed by atoms with van der Waals surface area (Å²) in [6.45, 7) is 0. The minimum Gasteiger partial charge on any atom is -0.0622 e. The quantitative estimate of drug-likeness (QED) is 0.119. The van der Waals surface area contributed by atoms with E-state index < -0.39 is 21.4 Å². The van der Waals surface area contributed by atoms with Crippen LogP contribution in [0, 0.1) is 0 Å². The molecule has 0 heterocycles. The van der Waals surface area contributed by atoms with E-state index in [-0.39, 0.29) is 0 Å². The fourth-order valence-corrected chi connectivity index (χ4v) is 9.85. The van der Waals surface area contributed by atoms with Crippen molar-refractivity contribution in [1.29, 1.82) is 0 Å². The average Bonchev–Trinajstić information content (AvgIpc) is 3.49. The topological polar surface area (TPSA) is 36.9 Å². The molecule has 5 aromatic carbocycles. The summed E-state index contributed by atoms with van der Waals surface area (Å²) in [6.07, 6.45) is 2.03. The van der Waals surface area contributed by atoms with E-state index in [9.17, 15) is 0 Å². The number of halogens is 2. The fraction of sp³-hybridized carbons (Fsp3) is 0.108. The van der Waals surface area contributed by atoms with Crippen LogP contribution in [0.3, 0.4) is 0 Å². The Balaban J connectivity index is 0.000000186. The van der Waals surface area contributed by atoms with Crippen molar-refractivity contribution in [3.8, 4) is 23.0 Å². The molecular formula is C37H33Cl2O4PRu. The van der Waals surface area contributed by atoms with E-state index in [0.29, 0.717) is 23.0 Å². The van der Waals surface area contributed by atoms with Gasteiger partial charge in [-0.1, -0.05) is 91.0 Å². The molecule has 232 valence electrons. The summed E-state index contributed by atoms with van der Waals surface area (Å²) in [5.41, 5.74) is 3.81. The molecule has 0 fully saturated rings. The molecule has 8 heteroatoms. The summed E-state index contributed by atoms with van der Waals surface area (Å²) in [7, 11) is 18.8. The predicted molar refractivity (Wildman–Crippen MR) is 187 cm³/mol. The zero-order valence-electron chi connectivity index (χ0n) is 25.3. The van der Waals surface area contributed by atoms with Crippen LogP contribution in [0.5, 0.6) is 23.0 Å². The number of hydrogen-bond donors (Lipinski definition) is 0. The minimum absolute atomic E-state index is 0.446. The van der Waals surface area contributed by atoms with Crippen LogP contribution in [0.15, 0.2) is 127 Å². The van der Waals surface area contributed by atoms with Gasteiger partial charge in [-0.05, 0) is 23.8 Å². The predicted octanol–water partition coefficient (Wildman–Crippen LogP) is 8.06. The van der Waals surface area contributed by atoms with Crippen LogP contribution in [0.4, 0.5) is 0 Å². The van der Waals surface area contributed by atoms with E-state index in [1.807, 2.05) is 36.4 Å². The van der Waals surface area contributed by atoms with Crippen molar-refractivity contribution in [3.63, 3.8) is 0 Å². The maximum atomic E-state index is 6.38. The second kappa shape index (κ2) is 15.7. The van der Waals surface area contributed by atoms with Gasteiger partial charge in [-0.15, -0.1) is 0 Å². The van der Waals surface area contributed by atoms with E-state index in [0.717, 1.165) is 26.4 Å². The largest absolute Gasteiger partial charge is 0.0622 e. The molecule has 0 unspecified atom stereocenters. The first-order valence-electron chi connectivity index (χ1n) is 14.0. The molecular weight excluding hydrogens is 711 g/mol. The molecule has 0 spiro atoms. The first kappa shape index (κ1) is 32.9. The molecule has 0 radical (unpaired) electrons. The van der Waals surface area contributed by atoms with Gasteiger partial charge in [0.1, 0.15) is 0 Å². The Morgan fingerprint density at radius 1 is 0.533 bits per heavy atom. The zero-order valence-corrected chi connectivity index (χ0v) is 29.5. The van der Waals surface area contributed by atoms with Crippen molar-refractivity contribution in [2.45, 2.75) is 0 Å². The summed E-state index contributed by atoms with van der Waals surface area (Å²) in [4.78, 5) is 0. The average molecular weight is 745 g/mol. The van der Waals surface area contributed by atoms with Crippen LogP contribution in [0.1, 0.15) is 16.7 Å². The molecule has 6 rings (SSSR count). The SMILES string of the molecule is COc1cc(OC)cc(C2=C[C](=[Ru]([Cl])[Cl])c3c(OC)cc(OC)cc32)c1.c1ccc(P(c2ccccc2)c2ccccc2)cc1. The molecule has 0 saturated carbocycles. The van der Waals surface area contributed by atoms with E-state index in [1.54, 1.807) is 28.4 Å². The molecule has 0 aromatic heterocycles. The van der Waals surface area contributed by atoms with Crippen molar-refractivity contribution < 1.29 is 32.5 Å². The fourth-order valence-electron chi connectivity index (χ4n) is 5.08. The molecule has 0 atom stereocenters. The number of methoxy groups -OCH3 is 4. The first-order chi connectivity index (χ1) is 22.0. The molecule has 0 aliphatic heterocycles. The molecule has 1 aliphatic carbocycles. The maximum absolute atomic E-state index is 6.38. The molecule has 0 saturated heterocycles. The Morgan fingerprint density at radius 3 is 1.38 bits per heavy atom. The summed E-state index contributed by atoms with van der Waals surface area (Å²) < 4.78 is 22.7. The Labute approximate surface area is 279 Å². The summed E-state index contributed by atoms with van der Waals surface area (Å²) in [5.74, 6) is 2.80. The van der Waals surface area contributed by atoms with Crippen LogP contribution in [-0.4, -0.2) is 32.5 Å². The van der Waals surface area contributed by atoms with E-state index in [1.165, 1.54) is 15.9 Å². The van der Waals surface area contributed by atoms with E-state index in [4.69, 9.17) is 38.3 Å². The second-order valence-corrected chi connectivity index (χ2v) is 17.8. The maximum Gasteiger partial charge on any atom is -0.0134 e. The van der Waals surface area contributed by atoms with Crippen LogP contribution in [0.2, 0.25) is 0 Å². The Bertz CT molecular complexity index is 1690. The van der Waals surface area contributed by atoms with Gasteiger partial charge in [0.25, 0.3) is 0 Å². The van der Waals surface area contributed by atoms with Crippen LogP contribution in [0.25, 0.3) is 5.57 Å². The Morgan fingerprint density at radius 2 is 0.978 bits per heavy atom. The molecule has 5 aromatic rings. The van der Waals surface area contributed by atoms with E-state index >= 15 is 0 Å². The van der Waals surface area contributed by atoms with Crippen LogP contribution < -0.4 is 34.9 Å². The van der Waals surface area contributed by atoms with Crippen molar-refractivity contribution in [1.82, 2.24) is 0 Å². The second-order valence-electron chi connectivity index (χ2n) is 9.77. The standard InChI is InChI=1S/C19H18O4.C18H15P.2ClH.Ru/c1-20-13-7-12(8-14(9-13)21-2)16-5-6-17-18(16)10-15(22-3)11-19(17)23-4;1-4-10-16(11-5-1)19(17-12-6-2-7-13-17)18-14-8-3-9-15-18;;;/h5,7-11H,1-4H3;1-15H;2*1H;/q;;;;+2/p-2. The van der Waals surface area contributed by atoms with Crippen molar-refractivity contribution in [3.05, 3.63) is 144 Å². The first-order valence-corrected chi connectivity index (χ1v) is 20.7. The molecule has 1 aliphatic rings. The van der Waals surface area contributed by atoms with E-state index in [2.05, 4.69) is 91.0 Å². The van der Waals surface area contributed by atoms with Gasteiger partial charge in [0.05, 0.1) is 0 Å². The Hall–Kier alpha value is -3.46. The normalized spacial score (nSPS) is 12.0. The van der Waals surface area contributed by atoms with Gasteiger partial charge in [0, 0.05) is 0 Å². The molecule has 0 bridgehead atoms. The van der Waals surface area contributed by atoms with Crippen LogP contribution in [-0.2, 0) is 13.5 Å². The van der Waals surface area contributed by atoms with Gasteiger partial charge in [-0.25, -0.2) is 0 Å². The van der Waals surface area contributed by atoms with Crippen molar-refractivity contribution in [2.24, 2.45) is 0 Å². The summed E-state index contributed by atoms with van der Waals surface area (Å²) in [6, 6.07) is 41.9. The third kappa shape index (κ3) is 7.68. The minimum atomic E-state index is -2.17. The zero-order chi connectivity index (χ0) is 31.8. The monoisotopic (exact) mass is 744 g/mol. The molecule has 0 N–H and O–H groups in total. The van der Waals surface area contributed by atoms with Gasteiger partial charge in [0.15, 0.2) is 0 Å². The summed E-state index contributed by atoms with van der Waals surface area (Å²) >= 11 is -2.17. The molecule has 0 amide bonds. The smallest absolute Gasteiger partial charge is 0.0134 e. The molecule has 45 heavy (non-hydrogen) atoms.